The molecule has 1 aliphatic heterocycles. The van der Waals surface area contributed by atoms with Gasteiger partial charge in [-0.2, -0.15) is 5.26 Å². The smallest absolute Gasteiger partial charge is 0.237 e. The van der Waals surface area contributed by atoms with Crippen LogP contribution in [0.5, 0.6) is 0 Å². The van der Waals surface area contributed by atoms with Crippen molar-refractivity contribution < 1.29 is 4.79 Å². The Balaban J connectivity index is 2.04. The molecule has 116 valence electrons. The lowest BCUT2D eigenvalue weighted by Crippen LogP contribution is -2.41. The molecule has 1 aromatic rings. The van der Waals surface area contributed by atoms with Gasteiger partial charge in [0.2, 0.25) is 5.91 Å². The molecule has 3 nitrogen and oxygen atoms in total. The van der Waals surface area contributed by atoms with Crippen molar-refractivity contribution in [2.45, 2.75) is 57.8 Å². The highest BCUT2D eigenvalue weighted by molar-refractivity contribution is 6.07. The summed E-state index contributed by atoms with van der Waals surface area (Å²) in [6.45, 7) is 4.09. The zero-order valence-electron chi connectivity index (χ0n) is 13.8. The van der Waals surface area contributed by atoms with E-state index in [4.69, 9.17) is 0 Å². The molecule has 1 fully saturated rings. The van der Waals surface area contributed by atoms with Crippen LogP contribution in [0, 0.1) is 23.7 Å². The van der Waals surface area contributed by atoms with Crippen LogP contribution in [-0.2, 0) is 10.2 Å². The highest BCUT2D eigenvalue weighted by Crippen LogP contribution is 2.51. The van der Waals surface area contributed by atoms with Crippen LogP contribution < -0.4 is 4.90 Å². The van der Waals surface area contributed by atoms with Gasteiger partial charge in [-0.3, -0.25) is 4.79 Å². The van der Waals surface area contributed by atoms with Gasteiger partial charge < -0.3 is 4.90 Å². The van der Waals surface area contributed by atoms with E-state index in [0.717, 1.165) is 36.9 Å². The number of hydrogen-bond acceptors (Lipinski definition) is 2. The van der Waals surface area contributed by atoms with Gasteiger partial charge in [0.05, 0.1) is 16.9 Å². The highest BCUT2D eigenvalue weighted by atomic mass is 16.2. The summed E-state index contributed by atoms with van der Waals surface area (Å²) in [7, 11) is 1.85. The van der Waals surface area contributed by atoms with Crippen molar-refractivity contribution in [3.8, 4) is 6.07 Å². The van der Waals surface area contributed by atoms with E-state index in [1.807, 2.05) is 20.0 Å². The molecule has 1 atom stereocenters. The number of rotatable bonds is 2. The zero-order chi connectivity index (χ0) is 16.0. The summed E-state index contributed by atoms with van der Waals surface area (Å²) >= 11 is 0. The molecule has 1 aromatic carbocycles. The number of carbonyl (C=O) groups excluding carboxylic acids is 1. The minimum Gasteiger partial charge on any atom is -0.314 e. The second kappa shape index (κ2) is 5.12. The molecule has 2 aliphatic rings. The number of likely N-dealkylation sites (N-methyl/N-ethyl adjacent to an activating group) is 1. The third-order valence-electron chi connectivity index (χ3n) is 5.62. The van der Waals surface area contributed by atoms with Crippen molar-refractivity contribution in [2.75, 3.05) is 11.9 Å². The SMILES string of the molecule is Cc1ccc2c(c1)[C@](C)(CC1(C#N)CCCCC1)C(=O)N2C. The van der Waals surface area contributed by atoms with Crippen LogP contribution in [0.3, 0.4) is 0 Å². The lowest BCUT2D eigenvalue weighted by molar-refractivity contribution is -0.123. The summed E-state index contributed by atoms with van der Waals surface area (Å²) in [6.07, 6.45) is 5.93. The minimum absolute atomic E-state index is 0.133. The Hall–Kier alpha value is -1.82. The lowest BCUT2D eigenvalue weighted by Gasteiger charge is -2.37. The Morgan fingerprint density at radius 2 is 1.95 bits per heavy atom. The molecule has 1 aliphatic carbocycles. The first kappa shape index (κ1) is 15.1. The average molecular weight is 296 g/mol. The molecule has 0 aromatic heterocycles. The average Bonchev–Trinajstić information content (AvgIpc) is 2.70. The molecular weight excluding hydrogens is 272 g/mol. The number of amides is 1. The van der Waals surface area contributed by atoms with E-state index in [-0.39, 0.29) is 11.3 Å². The molecule has 3 rings (SSSR count). The van der Waals surface area contributed by atoms with Crippen LogP contribution in [0.25, 0.3) is 0 Å². The normalized spacial score (nSPS) is 26.6. The molecule has 0 N–H and O–H groups in total. The Labute approximate surface area is 132 Å². The molecule has 1 heterocycles. The van der Waals surface area contributed by atoms with E-state index < -0.39 is 5.41 Å². The van der Waals surface area contributed by atoms with E-state index in [1.54, 1.807) is 4.90 Å². The molecular formula is C19H24N2O. The first-order chi connectivity index (χ1) is 10.4. The third-order valence-corrected chi connectivity index (χ3v) is 5.62. The van der Waals surface area contributed by atoms with Crippen molar-refractivity contribution in [1.29, 1.82) is 5.26 Å². The molecule has 0 radical (unpaired) electrons. The summed E-state index contributed by atoms with van der Waals surface area (Å²) in [5.74, 6) is 0.133. The van der Waals surface area contributed by atoms with Crippen LogP contribution in [0.1, 0.15) is 56.6 Å². The van der Waals surface area contributed by atoms with Gasteiger partial charge in [-0.25, -0.2) is 0 Å². The molecule has 3 heteroatoms. The van der Waals surface area contributed by atoms with Gasteiger partial charge in [0, 0.05) is 12.7 Å². The Morgan fingerprint density at radius 3 is 2.59 bits per heavy atom. The van der Waals surface area contributed by atoms with Gasteiger partial charge in [0.15, 0.2) is 0 Å². The minimum atomic E-state index is -0.566. The summed E-state index contributed by atoms with van der Waals surface area (Å²) < 4.78 is 0. The fourth-order valence-corrected chi connectivity index (χ4v) is 4.38. The number of nitrogens with zero attached hydrogens (tertiary/aromatic N) is 2. The molecule has 22 heavy (non-hydrogen) atoms. The molecule has 1 saturated carbocycles. The lowest BCUT2D eigenvalue weighted by atomic mass is 9.64. The van der Waals surface area contributed by atoms with Crippen LogP contribution in [0.15, 0.2) is 18.2 Å². The van der Waals surface area contributed by atoms with E-state index in [0.29, 0.717) is 6.42 Å². The van der Waals surface area contributed by atoms with Gasteiger partial charge in [0.1, 0.15) is 0 Å². The van der Waals surface area contributed by atoms with Gasteiger partial charge in [0.25, 0.3) is 0 Å². The van der Waals surface area contributed by atoms with E-state index in [2.05, 4.69) is 25.1 Å². The molecule has 0 saturated heterocycles. The summed E-state index contributed by atoms with van der Waals surface area (Å²) in [5.41, 5.74) is 2.36. The van der Waals surface area contributed by atoms with Crippen molar-refractivity contribution in [3.05, 3.63) is 29.3 Å². The maximum absolute atomic E-state index is 12.9. The van der Waals surface area contributed by atoms with Crippen LogP contribution in [0.4, 0.5) is 5.69 Å². The number of hydrogen-bond donors (Lipinski definition) is 0. The van der Waals surface area contributed by atoms with Crippen LogP contribution in [-0.4, -0.2) is 13.0 Å². The number of anilines is 1. The Kier molecular flexibility index (Phi) is 3.51. The second-order valence-electron chi connectivity index (χ2n) is 7.35. The fourth-order valence-electron chi connectivity index (χ4n) is 4.38. The highest BCUT2D eigenvalue weighted by Gasteiger charge is 2.51. The number of aryl methyl sites for hydroxylation is 1. The number of fused-ring (bicyclic) bond motifs is 1. The first-order valence-corrected chi connectivity index (χ1v) is 8.22. The number of carbonyl (C=O) groups is 1. The third kappa shape index (κ3) is 2.13. The first-order valence-electron chi connectivity index (χ1n) is 8.22. The van der Waals surface area contributed by atoms with Crippen molar-refractivity contribution in [1.82, 2.24) is 0 Å². The predicted molar refractivity (Wildman–Crippen MR) is 87.7 cm³/mol. The largest absolute Gasteiger partial charge is 0.314 e. The van der Waals surface area contributed by atoms with Gasteiger partial charge >= 0.3 is 0 Å². The van der Waals surface area contributed by atoms with Crippen LogP contribution in [0.2, 0.25) is 0 Å². The maximum Gasteiger partial charge on any atom is 0.237 e. The van der Waals surface area contributed by atoms with Crippen molar-refractivity contribution in [3.63, 3.8) is 0 Å². The number of nitriles is 1. The van der Waals surface area contributed by atoms with E-state index in [1.165, 1.54) is 12.0 Å². The molecule has 0 unspecified atom stereocenters. The number of benzene rings is 1. The molecule has 0 bridgehead atoms. The predicted octanol–water partition coefficient (Wildman–Crippen LogP) is 4.09. The zero-order valence-corrected chi connectivity index (χ0v) is 13.8. The van der Waals surface area contributed by atoms with Gasteiger partial charge in [-0.1, -0.05) is 37.0 Å². The van der Waals surface area contributed by atoms with Gasteiger partial charge in [-0.05, 0) is 44.7 Å². The summed E-state index contributed by atoms with van der Waals surface area (Å²) in [5, 5.41) is 9.80. The second-order valence-corrected chi connectivity index (χ2v) is 7.35. The van der Waals surface area contributed by atoms with Crippen molar-refractivity contribution in [2.24, 2.45) is 5.41 Å². The van der Waals surface area contributed by atoms with Gasteiger partial charge in [-0.15, -0.1) is 0 Å². The quantitative estimate of drug-likeness (QED) is 0.825. The van der Waals surface area contributed by atoms with Crippen LogP contribution >= 0.6 is 0 Å². The molecule has 0 spiro atoms. The summed E-state index contributed by atoms with van der Waals surface area (Å²) in [4.78, 5) is 14.7. The topological polar surface area (TPSA) is 44.1 Å². The van der Waals surface area contributed by atoms with Crippen molar-refractivity contribution >= 4 is 11.6 Å². The monoisotopic (exact) mass is 296 g/mol. The standard InChI is InChI=1S/C19H24N2O/c1-14-7-8-16-15(11-14)18(2,17(22)21(16)3)12-19(13-20)9-5-4-6-10-19/h7-8,11H,4-6,9-10,12H2,1-3H3/t18-/m0/s1. The Bertz CT molecular complexity index is 652. The van der Waals surface area contributed by atoms with E-state index >= 15 is 0 Å². The van der Waals surface area contributed by atoms with E-state index in [9.17, 15) is 10.1 Å². The maximum atomic E-state index is 12.9. The molecule has 1 amide bonds. The Morgan fingerprint density at radius 1 is 1.27 bits per heavy atom. The summed E-state index contributed by atoms with van der Waals surface area (Å²) in [6, 6.07) is 8.80. The fraction of sp³-hybridized carbons (Fsp3) is 0.579.